The third kappa shape index (κ3) is 4.92. The van der Waals surface area contributed by atoms with Crippen LogP contribution in [0.3, 0.4) is 0 Å². The van der Waals surface area contributed by atoms with Crippen molar-refractivity contribution in [2.45, 2.75) is 33.2 Å². The van der Waals surface area contributed by atoms with Gasteiger partial charge in [0, 0.05) is 6.21 Å². The lowest BCUT2D eigenvalue weighted by atomic mass is 9.75. The number of hydrogen-bond donors (Lipinski definition) is 0. The fraction of sp³-hybridized carbons (Fsp3) is 0.250. The van der Waals surface area contributed by atoms with E-state index in [-0.39, 0.29) is 5.54 Å². The molecular weight excluding hydrogens is 350 g/mol. The molecule has 0 saturated heterocycles. The minimum absolute atomic E-state index is 0.309. The Labute approximate surface area is 175 Å². The molecule has 0 aromatic heterocycles. The first-order valence-corrected chi connectivity index (χ1v) is 10.5. The number of aliphatic imine (C=N–C) groups is 1. The Morgan fingerprint density at radius 1 is 0.655 bits per heavy atom. The average Bonchev–Trinajstić information content (AvgIpc) is 2.75. The fourth-order valence-corrected chi connectivity index (χ4v) is 3.86. The summed E-state index contributed by atoms with van der Waals surface area (Å²) in [5, 5.41) is 0. The maximum Gasteiger partial charge on any atom is 0.0842 e. The lowest BCUT2D eigenvalue weighted by molar-refractivity contribution is 0.294. The van der Waals surface area contributed by atoms with Crippen LogP contribution in [0.4, 0.5) is 0 Å². The highest BCUT2D eigenvalue weighted by atomic mass is 14.9. The van der Waals surface area contributed by atoms with E-state index in [0.29, 0.717) is 11.8 Å². The summed E-state index contributed by atoms with van der Waals surface area (Å²) in [5.41, 5.74) is 4.50. The standard InChI is InChI=1S/C28H31N/c1-22(2)28(23(3)4,29-21-24-14-8-5-9-15-24)20-27(25-16-10-6-11-17-25)26-18-12-7-13-19-26/h5-23H,1-4H3. The van der Waals surface area contributed by atoms with Crippen LogP contribution in [0.1, 0.15) is 44.4 Å². The second-order valence-electron chi connectivity index (χ2n) is 8.16. The van der Waals surface area contributed by atoms with Gasteiger partial charge in [-0.05, 0) is 40.2 Å². The van der Waals surface area contributed by atoms with Gasteiger partial charge in [-0.25, -0.2) is 0 Å². The molecular formula is C28H31N. The van der Waals surface area contributed by atoms with E-state index in [1.165, 1.54) is 16.7 Å². The highest BCUT2D eigenvalue weighted by Crippen LogP contribution is 2.37. The molecule has 0 aliphatic carbocycles. The first-order valence-electron chi connectivity index (χ1n) is 10.5. The third-order valence-corrected chi connectivity index (χ3v) is 5.63. The van der Waals surface area contributed by atoms with E-state index in [2.05, 4.69) is 119 Å². The maximum atomic E-state index is 5.21. The van der Waals surface area contributed by atoms with E-state index in [1.54, 1.807) is 0 Å². The van der Waals surface area contributed by atoms with Crippen LogP contribution in [0.2, 0.25) is 0 Å². The van der Waals surface area contributed by atoms with Gasteiger partial charge in [0.25, 0.3) is 0 Å². The molecule has 0 aliphatic rings. The Hall–Kier alpha value is -2.93. The molecule has 0 bridgehead atoms. The van der Waals surface area contributed by atoms with Crippen molar-refractivity contribution in [1.82, 2.24) is 0 Å². The summed E-state index contributed by atoms with van der Waals surface area (Å²) in [6.45, 7) is 9.08. The minimum Gasteiger partial charge on any atom is -0.281 e. The van der Waals surface area contributed by atoms with Gasteiger partial charge < -0.3 is 0 Å². The van der Waals surface area contributed by atoms with Gasteiger partial charge in [-0.2, -0.15) is 0 Å². The van der Waals surface area contributed by atoms with Crippen LogP contribution in [-0.2, 0) is 0 Å². The summed E-state index contributed by atoms with van der Waals surface area (Å²) in [7, 11) is 0. The first kappa shape index (κ1) is 20.8. The van der Waals surface area contributed by atoms with E-state index in [0.717, 1.165) is 5.56 Å². The molecule has 0 unspecified atom stereocenters. The average molecular weight is 382 g/mol. The molecule has 0 saturated carbocycles. The van der Waals surface area contributed by atoms with Gasteiger partial charge in [0.15, 0.2) is 0 Å². The van der Waals surface area contributed by atoms with Crippen molar-refractivity contribution in [2.75, 3.05) is 0 Å². The van der Waals surface area contributed by atoms with E-state index in [1.807, 2.05) is 12.3 Å². The van der Waals surface area contributed by atoms with Gasteiger partial charge >= 0.3 is 0 Å². The van der Waals surface area contributed by atoms with E-state index >= 15 is 0 Å². The molecule has 0 fully saturated rings. The quantitative estimate of drug-likeness (QED) is 0.381. The Morgan fingerprint density at radius 3 is 1.48 bits per heavy atom. The normalized spacial score (nSPS) is 11.9. The summed E-state index contributed by atoms with van der Waals surface area (Å²) in [6.07, 6.45) is 4.43. The van der Waals surface area contributed by atoms with Crippen LogP contribution in [0.25, 0.3) is 5.57 Å². The molecule has 0 N–H and O–H groups in total. The second kappa shape index (κ2) is 9.52. The zero-order valence-electron chi connectivity index (χ0n) is 17.9. The van der Waals surface area contributed by atoms with Gasteiger partial charge in [0.1, 0.15) is 0 Å². The summed E-state index contributed by atoms with van der Waals surface area (Å²) >= 11 is 0. The summed E-state index contributed by atoms with van der Waals surface area (Å²) in [6, 6.07) is 31.7. The molecule has 1 nitrogen and oxygen atoms in total. The van der Waals surface area contributed by atoms with Gasteiger partial charge in [-0.1, -0.05) is 119 Å². The number of rotatable bonds is 7. The molecule has 1 heteroatoms. The molecule has 0 aliphatic heterocycles. The van der Waals surface area contributed by atoms with Crippen LogP contribution in [-0.4, -0.2) is 11.8 Å². The molecule has 3 aromatic rings. The summed E-state index contributed by atoms with van der Waals surface area (Å²) in [5.74, 6) is 0.703. The topological polar surface area (TPSA) is 12.4 Å². The molecule has 0 radical (unpaired) electrons. The molecule has 0 spiro atoms. The zero-order chi connectivity index (χ0) is 20.7. The lowest BCUT2D eigenvalue weighted by Crippen LogP contribution is -2.37. The van der Waals surface area contributed by atoms with Gasteiger partial charge in [-0.15, -0.1) is 0 Å². The minimum atomic E-state index is -0.309. The molecule has 29 heavy (non-hydrogen) atoms. The SMILES string of the molecule is CC(C)C(C=C(c1ccccc1)c1ccccc1)(N=Cc1ccccc1)C(C)C. The Balaban J connectivity index is 2.19. The van der Waals surface area contributed by atoms with Crippen molar-refractivity contribution in [3.05, 3.63) is 114 Å². The van der Waals surface area contributed by atoms with Crippen LogP contribution in [0, 0.1) is 11.8 Å². The van der Waals surface area contributed by atoms with Gasteiger partial charge in [-0.3, -0.25) is 4.99 Å². The highest BCUT2D eigenvalue weighted by Gasteiger charge is 2.35. The van der Waals surface area contributed by atoms with E-state index < -0.39 is 0 Å². The van der Waals surface area contributed by atoms with Crippen molar-refractivity contribution >= 4 is 11.8 Å². The van der Waals surface area contributed by atoms with Crippen molar-refractivity contribution in [1.29, 1.82) is 0 Å². The summed E-state index contributed by atoms with van der Waals surface area (Å²) in [4.78, 5) is 5.21. The van der Waals surface area contributed by atoms with Crippen LogP contribution < -0.4 is 0 Å². The van der Waals surface area contributed by atoms with Crippen LogP contribution >= 0.6 is 0 Å². The first-order chi connectivity index (χ1) is 14.0. The number of nitrogens with zero attached hydrogens (tertiary/aromatic N) is 1. The van der Waals surface area contributed by atoms with Crippen LogP contribution in [0.15, 0.2) is 102 Å². The molecule has 0 atom stereocenters. The Morgan fingerprint density at radius 2 is 1.07 bits per heavy atom. The fourth-order valence-electron chi connectivity index (χ4n) is 3.86. The molecule has 3 aromatic carbocycles. The molecule has 148 valence electrons. The second-order valence-corrected chi connectivity index (χ2v) is 8.16. The van der Waals surface area contributed by atoms with Crippen molar-refractivity contribution < 1.29 is 0 Å². The molecule has 0 amide bonds. The van der Waals surface area contributed by atoms with Crippen molar-refractivity contribution in [3.8, 4) is 0 Å². The monoisotopic (exact) mass is 381 g/mol. The van der Waals surface area contributed by atoms with E-state index in [9.17, 15) is 0 Å². The van der Waals surface area contributed by atoms with E-state index in [4.69, 9.17) is 4.99 Å². The zero-order valence-corrected chi connectivity index (χ0v) is 17.9. The molecule has 0 heterocycles. The largest absolute Gasteiger partial charge is 0.281 e. The lowest BCUT2D eigenvalue weighted by Gasteiger charge is -2.36. The molecule has 3 rings (SSSR count). The Kier molecular flexibility index (Phi) is 6.82. The van der Waals surface area contributed by atoms with Gasteiger partial charge in [0.05, 0.1) is 5.54 Å². The smallest absolute Gasteiger partial charge is 0.0842 e. The third-order valence-electron chi connectivity index (χ3n) is 5.63. The predicted octanol–water partition coefficient (Wildman–Crippen LogP) is 7.29. The Bertz CT molecular complexity index is 886. The number of hydrogen-bond acceptors (Lipinski definition) is 1. The van der Waals surface area contributed by atoms with Crippen LogP contribution in [0.5, 0.6) is 0 Å². The number of benzene rings is 3. The van der Waals surface area contributed by atoms with Crippen molar-refractivity contribution in [2.24, 2.45) is 16.8 Å². The summed E-state index contributed by atoms with van der Waals surface area (Å²) < 4.78 is 0. The maximum absolute atomic E-state index is 5.21. The predicted molar refractivity (Wildman–Crippen MR) is 126 cm³/mol. The van der Waals surface area contributed by atoms with Gasteiger partial charge in [0.2, 0.25) is 0 Å². The highest BCUT2D eigenvalue weighted by molar-refractivity contribution is 5.83. The van der Waals surface area contributed by atoms with Crippen molar-refractivity contribution in [3.63, 3.8) is 0 Å².